The van der Waals surface area contributed by atoms with E-state index in [1.807, 2.05) is 12.1 Å². The van der Waals surface area contributed by atoms with Crippen molar-refractivity contribution in [3.05, 3.63) is 28.2 Å². The summed E-state index contributed by atoms with van der Waals surface area (Å²) in [5.41, 5.74) is 1.27. The van der Waals surface area contributed by atoms with E-state index in [9.17, 15) is 0 Å². The number of ether oxygens (including phenoxy) is 1. The molecule has 110 valence electrons. The van der Waals surface area contributed by atoms with Gasteiger partial charge in [0.25, 0.3) is 0 Å². The summed E-state index contributed by atoms with van der Waals surface area (Å²) in [6.07, 6.45) is 2.81. The van der Waals surface area contributed by atoms with Crippen LogP contribution in [0.4, 0.5) is 0 Å². The van der Waals surface area contributed by atoms with Gasteiger partial charge in [-0.1, -0.05) is 15.9 Å². The Hall–Kier alpha value is -0.580. The number of hydrogen-bond donors (Lipinski definition) is 1. The molecule has 1 aromatic carbocycles. The lowest BCUT2D eigenvalue weighted by Gasteiger charge is -2.39. The number of nitrogens with zero attached hydrogens (tertiary/aromatic N) is 1. The normalized spacial score (nSPS) is 27.6. The summed E-state index contributed by atoms with van der Waals surface area (Å²) in [5, 5.41) is 3.70. The minimum atomic E-state index is 0.577. The second-order valence-corrected chi connectivity index (χ2v) is 7.00. The van der Waals surface area contributed by atoms with Gasteiger partial charge in [-0.3, -0.25) is 4.90 Å². The van der Waals surface area contributed by atoms with Crippen LogP contribution in [0.1, 0.15) is 25.3 Å². The molecule has 1 aromatic rings. The van der Waals surface area contributed by atoms with Crippen LogP contribution in [0.5, 0.6) is 5.75 Å². The fourth-order valence-corrected chi connectivity index (χ4v) is 3.48. The lowest BCUT2D eigenvalue weighted by Crippen LogP contribution is -2.55. The number of nitrogens with one attached hydrogen (secondary N) is 1. The van der Waals surface area contributed by atoms with Crippen LogP contribution < -0.4 is 10.1 Å². The van der Waals surface area contributed by atoms with Gasteiger partial charge in [0.2, 0.25) is 0 Å². The van der Waals surface area contributed by atoms with Crippen LogP contribution in [-0.2, 0) is 6.54 Å². The van der Waals surface area contributed by atoms with E-state index in [0.717, 1.165) is 35.8 Å². The van der Waals surface area contributed by atoms with Crippen molar-refractivity contribution < 1.29 is 4.74 Å². The van der Waals surface area contributed by atoms with Gasteiger partial charge in [-0.05, 0) is 43.9 Å². The summed E-state index contributed by atoms with van der Waals surface area (Å²) < 4.78 is 6.62. The van der Waals surface area contributed by atoms with Crippen molar-refractivity contribution in [1.29, 1.82) is 0 Å². The van der Waals surface area contributed by atoms with Crippen molar-refractivity contribution >= 4 is 15.9 Å². The van der Waals surface area contributed by atoms with E-state index < -0.39 is 0 Å². The Balaban J connectivity index is 1.73. The number of halogens is 1. The van der Waals surface area contributed by atoms with Gasteiger partial charge >= 0.3 is 0 Å². The molecule has 0 amide bonds. The van der Waals surface area contributed by atoms with Crippen molar-refractivity contribution in [3.63, 3.8) is 0 Å². The quantitative estimate of drug-likeness (QED) is 0.913. The van der Waals surface area contributed by atoms with Crippen molar-refractivity contribution in [2.24, 2.45) is 5.92 Å². The van der Waals surface area contributed by atoms with Crippen LogP contribution in [0.25, 0.3) is 0 Å². The fourth-order valence-electron chi connectivity index (χ4n) is 3.07. The number of methoxy groups -OCH3 is 1. The molecule has 1 heterocycles. The third-order valence-corrected chi connectivity index (χ3v) is 5.03. The highest BCUT2D eigenvalue weighted by atomic mass is 79.9. The van der Waals surface area contributed by atoms with E-state index in [4.69, 9.17) is 4.74 Å². The Morgan fingerprint density at radius 1 is 1.40 bits per heavy atom. The summed E-state index contributed by atoms with van der Waals surface area (Å²) in [7, 11) is 1.75. The minimum absolute atomic E-state index is 0.577. The van der Waals surface area contributed by atoms with Crippen LogP contribution in [0.3, 0.4) is 0 Å². The minimum Gasteiger partial charge on any atom is -0.496 e. The molecule has 4 heteroatoms. The molecule has 2 unspecified atom stereocenters. The van der Waals surface area contributed by atoms with E-state index in [1.165, 1.54) is 18.4 Å². The fraction of sp³-hybridized carbons (Fsp3) is 0.625. The van der Waals surface area contributed by atoms with Crippen molar-refractivity contribution in [2.45, 2.75) is 38.4 Å². The Morgan fingerprint density at radius 3 is 2.90 bits per heavy atom. The molecule has 2 aliphatic rings. The molecule has 3 rings (SSSR count). The lowest BCUT2D eigenvalue weighted by atomic mass is 10.0. The first-order valence-electron chi connectivity index (χ1n) is 7.47. The Bertz CT molecular complexity index is 476. The van der Waals surface area contributed by atoms with Crippen LogP contribution in [0.2, 0.25) is 0 Å². The summed E-state index contributed by atoms with van der Waals surface area (Å²) in [5.74, 6) is 1.90. The molecule has 2 atom stereocenters. The lowest BCUT2D eigenvalue weighted by molar-refractivity contribution is 0.124. The Morgan fingerprint density at radius 2 is 2.20 bits per heavy atom. The second kappa shape index (κ2) is 6.04. The maximum Gasteiger partial charge on any atom is 0.123 e. The summed E-state index contributed by atoms with van der Waals surface area (Å²) in [6, 6.07) is 7.53. The maximum absolute atomic E-state index is 5.50. The molecule has 0 spiro atoms. The van der Waals surface area contributed by atoms with Gasteiger partial charge in [0.05, 0.1) is 7.11 Å². The number of piperazine rings is 1. The van der Waals surface area contributed by atoms with Gasteiger partial charge in [-0.2, -0.15) is 0 Å². The predicted molar refractivity (Wildman–Crippen MR) is 85.1 cm³/mol. The van der Waals surface area contributed by atoms with Gasteiger partial charge in [-0.25, -0.2) is 0 Å². The van der Waals surface area contributed by atoms with Gasteiger partial charge < -0.3 is 10.1 Å². The first-order chi connectivity index (χ1) is 9.67. The Kier molecular flexibility index (Phi) is 4.34. The Labute approximate surface area is 129 Å². The molecule has 1 saturated heterocycles. The molecular weight excluding hydrogens is 316 g/mol. The van der Waals surface area contributed by atoms with Gasteiger partial charge in [0.1, 0.15) is 5.75 Å². The van der Waals surface area contributed by atoms with E-state index in [0.29, 0.717) is 12.1 Å². The average Bonchev–Trinajstić information content (AvgIpc) is 3.26. The molecule has 0 aromatic heterocycles. The van der Waals surface area contributed by atoms with E-state index in [-0.39, 0.29) is 0 Å². The average molecular weight is 339 g/mol. The SMILES string of the molecule is COc1ccc(Br)cc1CN1CC(C2CC2)NCC1C. The molecule has 1 aliphatic carbocycles. The van der Waals surface area contributed by atoms with E-state index in [2.05, 4.69) is 39.1 Å². The zero-order valence-electron chi connectivity index (χ0n) is 12.2. The first kappa shape index (κ1) is 14.4. The highest BCUT2D eigenvalue weighted by Crippen LogP contribution is 2.35. The zero-order chi connectivity index (χ0) is 14.1. The van der Waals surface area contributed by atoms with E-state index in [1.54, 1.807) is 7.11 Å². The molecule has 20 heavy (non-hydrogen) atoms. The monoisotopic (exact) mass is 338 g/mol. The summed E-state index contributed by atoms with van der Waals surface area (Å²) in [6.45, 7) is 5.52. The molecule has 3 nitrogen and oxygen atoms in total. The van der Waals surface area contributed by atoms with Crippen molar-refractivity contribution in [3.8, 4) is 5.75 Å². The van der Waals surface area contributed by atoms with Crippen molar-refractivity contribution in [2.75, 3.05) is 20.2 Å². The molecule has 0 radical (unpaired) electrons. The van der Waals surface area contributed by atoms with Gasteiger partial charge in [0.15, 0.2) is 0 Å². The van der Waals surface area contributed by atoms with Crippen LogP contribution in [-0.4, -0.2) is 37.2 Å². The van der Waals surface area contributed by atoms with Gasteiger partial charge in [-0.15, -0.1) is 0 Å². The first-order valence-corrected chi connectivity index (χ1v) is 8.26. The molecular formula is C16H23BrN2O. The molecule has 1 saturated carbocycles. The van der Waals surface area contributed by atoms with Crippen LogP contribution in [0, 0.1) is 5.92 Å². The zero-order valence-corrected chi connectivity index (χ0v) is 13.8. The summed E-state index contributed by atoms with van der Waals surface area (Å²) >= 11 is 3.56. The highest BCUT2D eigenvalue weighted by Gasteiger charge is 2.36. The number of hydrogen-bond acceptors (Lipinski definition) is 3. The maximum atomic E-state index is 5.50. The molecule has 1 N–H and O–H groups in total. The van der Waals surface area contributed by atoms with Crippen molar-refractivity contribution in [1.82, 2.24) is 10.2 Å². The third-order valence-electron chi connectivity index (χ3n) is 4.54. The molecule has 2 fully saturated rings. The van der Waals surface area contributed by atoms with Crippen LogP contribution in [0.15, 0.2) is 22.7 Å². The third kappa shape index (κ3) is 3.18. The molecule has 0 bridgehead atoms. The smallest absolute Gasteiger partial charge is 0.123 e. The number of rotatable bonds is 4. The van der Waals surface area contributed by atoms with Gasteiger partial charge in [0, 0.05) is 41.8 Å². The highest BCUT2D eigenvalue weighted by molar-refractivity contribution is 9.10. The standard InChI is InChI=1S/C16H23BrN2O/c1-11-8-18-15(12-3-4-12)10-19(11)9-13-7-14(17)5-6-16(13)20-2/h5-7,11-12,15,18H,3-4,8-10H2,1-2H3. The van der Waals surface area contributed by atoms with Crippen LogP contribution >= 0.6 is 15.9 Å². The largest absolute Gasteiger partial charge is 0.496 e. The molecule has 1 aliphatic heterocycles. The second-order valence-electron chi connectivity index (χ2n) is 6.09. The predicted octanol–water partition coefficient (Wildman–Crippen LogP) is 3.03. The topological polar surface area (TPSA) is 24.5 Å². The summed E-state index contributed by atoms with van der Waals surface area (Å²) in [4.78, 5) is 2.59. The number of benzene rings is 1. The van der Waals surface area contributed by atoms with E-state index >= 15 is 0 Å².